The lowest BCUT2D eigenvalue weighted by Gasteiger charge is -2.42. The molecule has 2 heterocycles. The number of benzene rings is 1. The summed E-state index contributed by atoms with van der Waals surface area (Å²) in [6.07, 6.45) is 5.56. The summed E-state index contributed by atoms with van der Waals surface area (Å²) in [5.41, 5.74) is 0.475. The summed E-state index contributed by atoms with van der Waals surface area (Å²) < 4.78 is 0. The van der Waals surface area contributed by atoms with Crippen LogP contribution >= 0.6 is 0 Å². The van der Waals surface area contributed by atoms with Gasteiger partial charge in [0.05, 0.1) is 6.20 Å². The predicted molar refractivity (Wildman–Crippen MR) is 103 cm³/mol. The minimum atomic E-state index is -0.745. The van der Waals surface area contributed by atoms with E-state index in [4.69, 9.17) is 0 Å². The molecule has 0 aliphatic carbocycles. The molecule has 1 aromatic heterocycles. The molecule has 0 saturated carbocycles. The zero-order valence-corrected chi connectivity index (χ0v) is 15.7. The molecule has 1 fully saturated rings. The average molecular weight is 367 g/mol. The van der Waals surface area contributed by atoms with Crippen LogP contribution in [0.1, 0.15) is 37.2 Å². The Morgan fingerprint density at radius 2 is 1.81 bits per heavy atom. The van der Waals surface area contributed by atoms with Crippen LogP contribution in [0.4, 0.5) is 5.69 Å². The van der Waals surface area contributed by atoms with Crippen molar-refractivity contribution >= 4 is 17.5 Å². The molecule has 142 valence electrons. The van der Waals surface area contributed by atoms with Crippen molar-refractivity contribution in [3.63, 3.8) is 0 Å². The third-order valence-electron chi connectivity index (χ3n) is 4.70. The zero-order chi connectivity index (χ0) is 19.3. The highest BCUT2D eigenvalue weighted by molar-refractivity contribution is 5.93. The van der Waals surface area contributed by atoms with E-state index in [1.165, 1.54) is 18.6 Å². The Balaban J connectivity index is 1.76. The van der Waals surface area contributed by atoms with Gasteiger partial charge in [-0.05, 0) is 38.8 Å². The molecule has 0 atom stereocenters. The fourth-order valence-electron chi connectivity index (χ4n) is 3.27. The lowest BCUT2D eigenvalue weighted by Crippen LogP contribution is -2.60. The first-order chi connectivity index (χ1) is 13.0. The highest BCUT2D eigenvalue weighted by Gasteiger charge is 2.42. The van der Waals surface area contributed by atoms with Crippen LogP contribution in [0.25, 0.3) is 0 Å². The molecule has 2 aromatic rings. The van der Waals surface area contributed by atoms with Crippen molar-refractivity contribution in [1.29, 1.82) is 0 Å². The molecule has 2 N–H and O–H groups in total. The Labute approximate surface area is 159 Å². The van der Waals surface area contributed by atoms with Gasteiger partial charge in [-0.25, -0.2) is 4.98 Å². The standard InChI is InChI=1S/C20H25N5O2/c1-15(2)23-19(27)20(24-16-6-4-3-5-7-16)8-12-25(13-9-20)18(26)17-14-21-10-11-22-17/h3-7,10-11,14-15,24H,8-9,12-13H2,1-2H3,(H,23,27). The smallest absolute Gasteiger partial charge is 0.274 e. The van der Waals surface area contributed by atoms with Crippen LogP contribution in [-0.4, -0.2) is 51.4 Å². The van der Waals surface area contributed by atoms with Gasteiger partial charge in [0, 0.05) is 37.2 Å². The fraction of sp³-hybridized carbons (Fsp3) is 0.400. The monoisotopic (exact) mass is 367 g/mol. The molecule has 1 aliphatic rings. The summed E-state index contributed by atoms with van der Waals surface area (Å²) in [5.74, 6) is -0.186. The van der Waals surface area contributed by atoms with Gasteiger partial charge in [-0.2, -0.15) is 0 Å². The van der Waals surface area contributed by atoms with Gasteiger partial charge in [0.15, 0.2) is 0 Å². The summed E-state index contributed by atoms with van der Waals surface area (Å²) >= 11 is 0. The molecule has 3 rings (SSSR count). The van der Waals surface area contributed by atoms with E-state index in [9.17, 15) is 9.59 Å². The number of carbonyl (C=O) groups excluding carboxylic acids is 2. The van der Waals surface area contributed by atoms with Gasteiger partial charge in [-0.1, -0.05) is 18.2 Å². The van der Waals surface area contributed by atoms with E-state index in [1.54, 1.807) is 4.90 Å². The summed E-state index contributed by atoms with van der Waals surface area (Å²) in [6.45, 7) is 4.84. The highest BCUT2D eigenvalue weighted by Crippen LogP contribution is 2.28. The molecular formula is C20H25N5O2. The first-order valence-electron chi connectivity index (χ1n) is 9.20. The Hall–Kier alpha value is -2.96. The molecule has 27 heavy (non-hydrogen) atoms. The number of carbonyl (C=O) groups is 2. The Morgan fingerprint density at radius 3 is 2.41 bits per heavy atom. The van der Waals surface area contributed by atoms with Crippen LogP contribution in [0.15, 0.2) is 48.9 Å². The topological polar surface area (TPSA) is 87.2 Å². The maximum absolute atomic E-state index is 13.0. The van der Waals surface area contributed by atoms with Crippen LogP contribution in [0.3, 0.4) is 0 Å². The molecule has 7 nitrogen and oxygen atoms in total. The van der Waals surface area contributed by atoms with E-state index >= 15 is 0 Å². The van der Waals surface area contributed by atoms with Crippen LogP contribution in [0.5, 0.6) is 0 Å². The maximum Gasteiger partial charge on any atom is 0.274 e. The molecular weight excluding hydrogens is 342 g/mol. The number of para-hydroxylation sites is 1. The second kappa shape index (κ2) is 8.16. The van der Waals surface area contributed by atoms with Crippen LogP contribution in [-0.2, 0) is 4.79 Å². The maximum atomic E-state index is 13.0. The number of amides is 2. The van der Waals surface area contributed by atoms with Gasteiger partial charge in [0.25, 0.3) is 5.91 Å². The lowest BCUT2D eigenvalue weighted by atomic mass is 9.85. The number of aromatic nitrogens is 2. The van der Waals surface area contributed by atoms with E-state index in [0.717, 1.165) is 5.69 Å². The molecule has 1 aliphatic heterocycles. The molecule has 0 spiro atoms. The third kappa shape index (κ3) is 4.42. The first kappa shape index (κ1) is 18.8. The quantitative estimate of drug-likeness (QED) is 0.845. The first-order valence-corrected chi connectivity index (χ1v) is 9.20. The number of nitrogens with one attached hydrogen (secondary N) is 2. The van der Waals surface area contributed by atoms with Crippen LogP contribution in [0.2, 0.25) is 0 Å². The van der Waals surface area contributed by atoms with E-state index in [2.05, 4.69) is 20.6 Å². The second-order valence-corrected chi connectivity index (χ2v) is 7.08. The Morgan fingerprint density at radius 1 is 1.11 bits per heavy atom. The van der Waals surface area contributed by atoms with Gasteiger partial charge in [0.1, 0.15) is 11.2 Å². The zero-order valence-electron chi connectivity index (χ0n) is 15.7. The molecule has 2 amide bonds. The summed E-state index contributed by atoms with van der Waals surface area (Å²) in [6, 6.07) is 9.75. The van der Waals surface area contributed by atoms with Crippen molar-refractivity contribution in [2.75, 3.05) is 18.4 Å². The minimum absolute atomic E-state index is 0.0343. The van der Waals surface area contributed by atoms with E-state index in [1.807, 2.05) is 44.2 Å². The van der Waals surface area contributed by atoms with Crippen molar-refractivity contribution in [2.24, 2.45) is 0 Å². The van der Waals surface area contributed by atoms with Crippen molar-refractivity contribution in [2.45, 2.75) is 38.3 Å². The Bertz CT molecular complexity index is 771. The summed E-state index contributed by atoms with van der Waals surface area (Å²) in [7, 11) is 0. The van der Waals surface area contributed by atoms with Crippen molar-refractivity contribution in [1.82, 2.24) is 20.2 Å². The summed E-state index contributed by atoms with van der Waals surface area (Å²) in [5, 5.41) is 6.44. The number of anilines is 1. The predicted octanol–water partition coefficient (Wildman–Crippen LogP) is 2.09. The van der Waals surface area contributed by atoms with E-state index < -0.39 is 5.54 Å². The van der Waals surface area contributed by atoms with Gasteiger partial charge in [0.2, 0.25) is 5.91 Å². The van der Waals surface area contributed by atoms with Crippen molar-refractivity contribution < 1.29 is 9.59 Å². The number of rotatable bonds is 5. The SMILES string of the molecule is CC(C)NC(=O)C1(Nc2ccccc2)CCN(C(=O)c2cnccn2)CC1. The molecule has 0 unspecified atom stereocenters. The van der Waals surface area contributed by atoms with Crippen LogP contribution < -0.4 is 10.6 Å². The van der Waals surface area contributed by atoms with Crippen molar-refractivity contribution in [3.05, 3.63) is 54.6 Å². The summed E-state index contributed by atoms with van der Waals surface area (Å²) in [4.78, 5) is 35.4. The molecule has 1 aromatic carbocycles. The van der Waals surface area contributed by atoms with E-state index in [0.29, 0.717) is 31.6 Å². The van der Waals surface area contributed by atoms with Gasteiger partial charge in [-0.3, -0.25) is 14.6 Å². The molecule has 1 saturated heterocycles. The molecule has 7 heteroatoms. The largest absolute Gasteiger partial charge is 0.371 e. The normalized spacial score (nSPS) is 16.0. The second-order valence-electron chi connectivity index (χ2n) is 7.08. The molecule has 0 bridgehead atoms. The third-order valence-corrected chi connectivity index (χ3v) is 4.70. The van der Waals surface area contributed by atoms with Crippen LogP contribution in [0, 0.1) is 0 Å². The molecule has 0 radical (unpaired) electrons. The number of piperidine rings is 1. The highest BCUT2D eigenvalue weighted by atomic mass is 16.2. The van der Waals surface area contributed by atoms with Gasteiger partial charge in [-0.15, -0.1) is 0 Å². The number of likely N-dealkylation sites (tertiary alicyclic amines) is 1. The fourth-order valence-corrected chi connectivity index (χ4v) is 3.27. The van der Waals surface area contributed by atoms with Crippen molar-refractivity contribution in [3.8, 4) is 0 Å². The number of hydrogen-bond acceptors (Lipinski definition) is 5. The van der Waals surface area contributed by atoms with Gasteiger partial charge >= 0.3 is 0 Å². The Kier molecular flexibility index (Phi) is 5.69. The van der Waals surface area contributed by atoms with E-state index in [-0.39, 0.29) is 17.9 Å². The lowest BCUT2D eigenvalue weighted by molar-refractivity contribution is -0.127. The van der Waals surface area contributed by atoms with Gasteiger partial charge < -0.3 is 15.5 Å². The minimum Gasteiger partial charge on any atom is -0.371 e. The number of nitrogens with zero attached hydrogens (tertiary/aromatic N) is 3. The average Bonchev–Trinajstić information content (AvgIpc) is 2.69. The number of hydrogen-bond donors (Lipinski definition) is 2.